The zero-order valence-electron chi connectivity index (χ0n) is 8.97. The highest BCUT2D eigenvalue weighted by atomic mass is 16.1. The maximum atomic E-state index is 12.1. The lowest BCUT2D eigenvalue weighted by Crippen LogP contribution is -2.32. The molecule has 1 unspecified atom stereocenters. The SMILES string of the molecule is O=c1c2ccnn2ccn1CC1CCCN1. The molecule has 0 saturated carbocycles. The Balaban J connectivity index is 1.96. The van der Waals surface area contributed by atoms with Crippen molar-refractivity contribution in [1.82, 2.24) is 19.5 Å². The molecule has 5 nitrogen and oxygen atoms in total. The molecule has 3 rings (SSSR count). The lowest BCUT2D eigenvalue weighted by Gasteiger charge is -2.12. The van der Waals surface area contributed by atoms with Crippen LogP contribution in [0.5, 0.6) is 0 Å². The van der Waals surface area contributed by atoms with E-state index in [1.165, 1.54) is 6.42 Å². The molecule has 1 saturated heterocycles. The molecule has 0 spiro atoms. The van der Waals surface area contributed by atoms with Gasteiger partial charge in [-0.1, -0.05) is 0 Å². The van der Waals surface area contributed by atoms with Crippen molar-refractivity contribution in [2.45, 2.75) is 25.4 Å². The van der Waals surface area contributed by atoms with Crippen LogP contribution in [0.3, 0.4) is 0 Å². The van der Waals surface area contributed by atoms with Gasteiger partial charge in [-0.15, -0.1) is 0 Å². The zero-order valence-corrected chi connectivity index (χ0v) is 8.97. The Hall–Kier alpha value is -1.62. The van der Waals surface area contributed by atoms with Crippen LogP contribution in [0.1, 0.15) is 12.8 Å². The molecule has 1 aliphatic rings. The molecular weight excluding hydrogens is 204 g/mol. The third kappa shape index (κ3) is 1.53. The molecule has 16 heavy (non-hydrogen) atoms. The molecule has 1 N–H and O–H groups in total. The largest absolute Gasteiger partial charge is 0.312 e. The van der Waals surface area contributed by atoms with Gasteiger partial charge in [0, 0.05) is 25.0 Å². The number of rotatable bonds is 2. The predicted molar refractivity (Wildman–Crippen MR) is 60.5 cm³/mol. The summed E-state index contributed by atoms with van der Waals surface area (Å²) in [5.41, 5.74) is 0.675. The van der Waals surface area contributed by atoms with Gasteiger partial charge in [-0.2, -0.15) is 5.10 Å². The van der Waals surface area contributed by atoms with Gasteiger partial charge in [-0.3, -0.25) is 4.79 Å². The van der Waals surface area contributed by atoms with E-state index in [0.717, 1.165) is 19.5 Å². The highest BCUT2D eigenvalue weighted by molar-refractivity contribution is 5.42. The van der Waals surface area contributed by atoms with Gasteiger partial charge in [0.2, 0.25) is 0 Å². The molecule has 1 atom stereocenters. The molecule has 0 amide bonds. The second-order valence-corrected chi connectivity index (χ2v) is 4.21. The molecule has 0 aliphatic carbocycles. The van der Waals surface area contributed by atoms with E-state index in [1.807, 2.05) is 12.4 Å². The highest BCUT2D eigenvalue weighted by Gasteiger charge is 2.15. The first-order valence-electron chi connectivity index (χ1n) is 5.61. The first-order chi connectivity index (χ1) is 7.84. The number of nitrogens with one attached hydrogen (secondary N) is 1. The van der Waals surface area contributed by atoms with E-state index in [1.54, 1.807) is 21.3 Å². The van der Waals surface area contributed by atoms with Gasteiger partial charge in [-0.05, 0) is 25.5 Å². The average molecular weight is 218 g/mol. The van der Waals surface area contributed by atoms with E-state index in [2.05, 4.69) is 10.4 Å². The van der Waals surface area contributed by atoms with E-state index in [0.29, 0.717) is 11.6 Å². The topological polar surface area (TPSA) is 51.3 Å². The van der Waals surface area contributed by atoms with Crippen LogP contribution >= 0.6 is 0 Å². The lowest BCUT2D eigenvalue weighted by molar-refractivity contribution is 0.498. The van der Waals surface area contributed by atoms with Crippen molar-refractivity contribution < 1.29 is 0 Å². The normalized spacial score (nSPS) is 20.6. The lowest BCUT2D eigenvalue weighted by atomic mass is 10.2. The van der Waals surface area contributed by atoms with Gasteiger partial charge >= 0.3 is 0 Å². The molecular formula is C11H14N4O. The number of aromatic nitrogens is 3. The van der Waals surface area contributed by atoms with Crippen LogP contribution in [0.2, 0.25) is 0 Å². The van der Waals surface area contributed by atoms with E-state index >= 15 is 0 Å². The highest BCUT2D eigenvalue weighted by Crippen LogP contribution is 2.06. The Morgan fingerprint density at radius 2 is 2.44 bits per heavy atom. The minimum atomic E-state index is 0.0358. The fourth-order valence-electron chi connectivity index (χ4n) is 2.25. The van der Waals surface area contributed by atoms with E-state index in [-0.39, 0.29) is 5.56 Å². The van der Waals surface area contributed by atoms with Gasteiger partial charge in [0.15, 0.2) is 0 Å². The standard InChI is InChI=1S/C11H14N4O/c16-11-10-3-5-13-15(10)7-6-14(11)8-9-2-1-4-12-9/h3,5-7,9,12H,1-2,4,8H2. The van der Waals surface area contributed by atoms with Crippen molar-refractivity contribution in [2.24, 2.45) is 0 Å². The third-order valence-electron chi connectivity index (χ3n) is 3.12. The summed E-state index contributed by atoms with van der Waals surface area (Å²) in [6.07, 6.45) is 7.63. The summed E-state index contributed by atoms with van der Waals surface area (Å²) in [6, 6.07) is 2.18. The van der Waals surface area contributed by atoms with Gasteiger partial charge < -0.3 is 9.88 Å². The van der Waals surface area contributed by atoms with Crippen molar-refractivity contribution in [3.8, 4) is 0 Å². The van der Waals surface area contributed by atoms with Crippen molar-refractivity contribution >= 4 is 5.52 Å². The molecule has 0 radical (unpaired) electrons. The van der Waals surface area contributed by atoms with Crippen molar-refractivity contribution in [3.63, 3.8) is 0 Å². The van der Waals surface area contributed by atoms with Crippen molar-refractivity contribution in [2.75, 3.05) is 6.54 Å². The van der Waals surface area contributed by atoms with Gasteiger partial charge in [0.1, 0.15) is 5.52 Å². The fraction of sp³-hybridized carbons (Fsp3) is 0.455. The van der Waals surface area contributed by atoms with Crippen LogP contribution in [0.15, 0.2) is 29.5 Å². The second kappa shape index (κ2) is 3.75. The van der Waals surface area contributed by atoms with Crippen LogP contribution in [-0.4, -0.2) is 26.8 Å². The van der Waals surface area contributed by atoms with Crippen LogP contribution in [0.4, 0.5) is 0 Å². The summed E-state index contributed by atoms with van der Waals surface area (Å²) < 4.78 is 3.38. The maximum Gasteiger partial charge on any atom is 0.276 e. The smallest absolute Gasteiger partial charge is 0.276 e. The molecule has 1 fully saturated rings. The van der Waals surface area contributed by atoms with Crippen molar-refractivity contribution in [1.29, 1.82) is 0 Å². The van der Waals surface area contributed by atoms with Gasteiger partial charge in [0.25, 0.3) is 5.56 Å². The van der Waals surface area contributed by atoms with Crippen LogP contribution in [-0.2, 0) is 6.54 Å². The number of fused-ring (bicyclic) bond motifs is 1. The van der Waals surface area contributed by atoms with E-state index < -0.39 is 0 Å². The Kier molecular flexibility index (Phi) is 2.25. The molecule has 2 aromatic heterocycles. The minimum Gasteiger partial charge on any atom is -0.312 e. The summed E-state index contributed by atoms with van der Waals surface area (Å²) >= 11 is 0. The Bertz CT molecular complexity index is 550. The minimum absolute atomic E-state index is 0.0358. The average Bonchev–Trinajstić information content (AvgIpc) is 2.93. The predicted octanol–water partition coefficient (Wildman–Crippen LogP) is 0.248. The molecule has 3 heterocycles. The molecule has 2 aromatic rings. The van der Waals surface area contributed by atoms with Crippen LogP contribution in [0, 0.1) is 0 Å². The maximum absolute atomic E-state index is 12.1. The zero-order chi connectivity index (χ0) is 11.0. The van der Waals surface area contributed by atoms with Crippen LogP contribution in [0.25, 0.3) is 5.52 Å². The first kappa shape index (κ1) is 9.59. The van der Waals surface area contributed by atoms with Gasteiger partial charge in [-0.25, -0.2) is 4.52 Å². The Labute approximate surface area is 92.7 Å². The summed E-state index contributed by atoms with van der Waals surface area (Å²) in [6.45, 7) is 1.81. The number of nitrogens with zero attached hydrogens (tertiary/aromatic N) is 3. The Morgan fingerprint density at radius 3 is 3.25 bits per heavy atom. The molecule has 0 aromatic carbocycles. The van der Waals surface area contributed by atoms with E-state index in [9.17, 15) is 4.79 Å². The van der Waals surface area contributed by atoms with E-state index in [4.69, 9.17) is 0 Å². The van der Waals surface area contributed by atoms with Crippen LogP contribution < -0.4 is 10.9 Å². The quantitative estimate of drug-likeness (QED) is 0.786. The summed E-state index contributed by atoms with van der Waals surface area (Å²) in [4.78, 5) is 12.1. The first-order valence-corrected chi connectivity index (χ1v) is 5.61. The van der Waals surface area contributed by atoms with Gasteiger partial charge in [0.05, 0.1) is 6.20 Å². The molecule has 84 valence electrons. The second-order valence-electron chi connectivity index (χ2n) is 4.21. The molecule has 5 heteroatoms. The monoisotopic (exact) mass is 218 g/mol. The van der Waals surface area contributed by atoms with Crippen molar-refractivity contribution in [3.05, 3.63) is 35.0 Å². The summed E-state index contributed by atoms with van der Waals surface area (Å²) in [5, 5.41) is 7.43. The third-order valence-corrected chi connectivity index (χ3v) is 3.12. The molecule has 1 aliphatic heterocycles. The molecule has 0 bridgehead atoms. The summed E-state index contributed by atoms with van der Waals surface area (Å²) in [5.74, 6) is 0. The fourth-order valence-corrected chi connectivity index (χ4v) is 2.25. The summed E-state index contributed by atoms with van der Waals surface area (Å²) in [7, 11) is 0. The number of hydrogen-bond donors (Lipinski definition) is 1. The Morgan fingerprint density at radius 1 is 1.50 bits per heavy atom. The number of hydrogen-bond acceptors (Lipinski definition) is 3.